The molecular formula is C36H33NO11. The van der Waals surface area contributed by atoms with Crippen molar-refractivity contribution in [2.45, 2.75) is 58.7 Å². The number of ketones is 1. The van der Waals surface area contributed by atoms with Crippen molar-refractivity contribution < 1.29 is 44.7 Å². The van der Waals surface area contributed by atoms with E-state index in [0.29, 0.717) is 43.6 Å². The van der Waals surface area contributed by atoms with Gasteiger partial charge in [-0.15, -0.1) is 0 Å². The lowest BCUT2D eigenvalue weighted by molar-refractivity contribution is -0.138. The second-order valence-corrected chi connectivity index (χ2v) is 12.2. The third kappa shape index (κ3) is 4.70. The maximum atomic E-state index is 14.1. The largest absolute Gasteiger partial charge is 0.504 e. The van der Waals surface area contributed by atoms with Gasteiger partial charge in [-0.25, -0.2) is 0 Å². The van der Waals surface area contributed by atoms with Crippen LogP contribution in [0.25, 0.3) is 49.2 Å². The van der Waals surface area contributed by atoms with Gasteiger partial charge < -0.3 is 35.6 Å². The molecule has 0 aromatic heterocycles. The number of fused-ring (bicyclic) bond motifs is 1. The molecule has 1 aliphatic carbocycles. The van der Waals surface area contributed by atoms with E-state index in [-0.39, 0.29) is 82.3 Å². The molecule has 0 saturated carbocycles. The number of aliphatic hydroxyl groups is 2. The summed E-state index contributed by atoms with van der Waals surface area (Å²) in [6.07, 6.45) is 1.36. The van der Waals surface area contributed by atoms with Gasteiger partial charge in [0, 0.05) is 41.4 Å². The smallest absolute Gasteiger partial charge is 0.303 e. The maximum Gasteiger partial charge on any atom is 0.303 e. The summed E-state index contributed by atoms with van der Waals surface area (Å²) in [5.41, 5.74) is 1.16. The Morgan fingerprint density at radius 1 is 0.833 bits per heavy atom. The van der Waals surface area contributed by atoms with E-state index >= 15 is 0 Å². The Balaban J connectivity index is 2.02. The molecule has 12 heteroatoms. The molecule has 6 rings (SSSR count). The van der Waals surface area contributed by atoms with Crippen molar-refractivity contribution in [2.24, 2.45) is 0 Å². The molecule has 12 nitrogen and oxygen atoms in total. The number of carboxylic acid groups (broad SMARTS) is 2. The number of phenolic OH excluding ortho intramolecular Hbond substituents is 1. The van der Waals surface area contributed by atoms with Crippen LogP contribution in [-0.2, 0) is 34.0 Å². The summed E-state index contributed by atoms with van der Waals surface area (Å²) in [4.78, 5) is 64.6. The van der Waals surface area contributed by atoms with Gasteiger partial charge in [0.15, 0.2) is 22.4 Å². The Kier molecular flexibility index (Phi) is 8.18. The number of hydrogen-bond acceptors (Lipinski definition) is 10. The SMILES string of the molecule is COc1c(O)c2c(=O)cc(CO)c3c4c(CO)cc(=O)c5c(NCCCC(=O)O)c(CCC(=O)O)c6c(c(c1C(C(C)=O)C(C)=C6)c23)c54. The van der Waals surface area contributed by atoms with E-state index < -0.39 is 47.7 Å². The number of phenols is 1. The lowest BCUT2D eigenvalue weighted by Gasteiger charge is -2.26. The average molecular weight is 656 g/mol. The minimum Gasteiger partial charge on any atom is -0.504 e. The van der Waals surface area contributed by atoms with Gasteiger partial charge in [0.25, 0.3) is 0 Å². The maximum absolute atomic E-state index is 14.1. The van der Waals surface area contributed by atoms with Crippen LogP contribution in [0.2, 0.25) is 0 Å². The van der Waals surface area contributed by atoms with Gasteiger partial charge in [-0.3, -0.25) is 24.0 Å². The number of carbonyl (C=O) groups excluding carboxylic acids is 1. The normalized spacial score (nSPS) is 14.3. The summed E-state index contributed by atoms with van der Waals surface area (Å²) < 4.78 is 5.72. The average Bonchev–Trinajstić information content (AvgIpc) is 3.16. The highest BCUT2D eigenvalue weighted by atomic mass is 16.5. The van der Waals surface area contributed by atoms with Crippen LogP contribution in [-0.4, -0.2) is 56.9 Å². The van der Waals surface area contributed by atoms with Gasteiger partial charge >= 0.3 is 11.9 Å². The molecule has 1 atom stereocenters. The number of rotatable bonds is 12. The molecule has 0 aliphatic heterocycles. The zero-order valence-electron chi connectivity index (χ0n) is 26.4. The minimum absolute atomic E-state index is 0.0655. The molecule has 0 amide bonds. The van der Waals surface area contributed by atoms with E-state index in [1.54, 1.807) is 13.0 Å². The van der Waals surface area contributed by atoms with Crippen molar-refractivity contribution in [3.05, 3.63) is 66.0 Å². The molecule has 48 heavy (non-hydrogen) atoms. The highest BCUT2D eigenvalue weighted by Crippen LogP contribution is 2.56. The van der Waals surface area contributed by atoms with E-state index in [4.69, 9.17) is 4.74 Å². The summed E-state index contributed by atoms with van der Waals surface area (Å²) >= 11 is 0. The number of allylic oxidation sites excluding steroid dienone is 1. The molecule has 0 spiro atoms. The van der Waals surface area contributed by atoms with E-state index in [1.165, 1.54) is 26.2 Å². The first-order valence-corrected chi connectivity index (χ1v) is 15.4. The Labute approximate surface area is 272 Å². The monoisotopic (exact) mass is 655 g/mol. The zero-order valence-corrected chi connectivity index (χ0v) is 26.4. The molecule has 248 valence electrons. The topological polar surface area (TPSA) is 208 Å². The Morgan fingerprint density at radius 3 is 1.96 bits per heavy atom. The molecule has 0 saturated heterocycles. The van der Waals surface area contributed by atoms with Crippen LogP contribution < -0.4 is 20.9 Å². The van der Waals surface area contributed by atoms with Crippen LogP contribution in [0.5, 0.6) is 11.5 Å². The third-order valence-electron chi connectivity index (χ3n) is 9.38. The molecule has 0 radical (unpaired) electrons. The fourth-order valence-corrected chi connectivity index (χ4v) is 7.65. The number of carboxylic acids is 2. The third-order valence-corrected chi connectivity index (χ3v) is 9.38. The van der Waals surface area contributed by atoms with Crippen molar-refractivity contribution in [3.63, 3.8) is 0 Å². The van der Waals surface area contributed by atoms with Crippen LogP contribution in [0.3, 0.4) is 0 Å². The van der Waals surface area contributed by atoms with Crippen LogP contribution in [0.4, 0.5) is 5.69 Å². The molecule has 1 unspecified atom stereocenters. The molecule has 6 N–H and O–H groups in total. The van der Waals surface area contributed by atoms with Crippen LogP contribution >= 0.6 is 0 Å². The number of methoxy groups -OCH3 is 1. The number of ether oxygens (including phenoxy) is 1. The first kappa shape index (κ1) is 32.6. The Bertz CT molecular complexity index is 2360. The van der Waals surface area contributed by atoms with E-state index in [9.17, 15) is 49.5 Å². The second-order valence-electron chi connectivity index (χ2n) is 12.2. The van der Waals surface area contributed by atoms with E-state index in [1.807, 2.05) is 0 Å². The number of anilines is 1. The highest BCUT2D eigenvalue weighted by Gasteiger charge is 2.36. The van der Waals surface area contributed by atoms with Crippen LogP contribution in [0.1, 0.15) is 66.8 Å². The van der Waals surface area contributed by atoms with Crippen LogP contribution in [0.15, 0.2) is 27.3 Å². The number of aliphatic hydroxyl groups excluding tert-OH is 2. The molecular weight excluding hydrogens is 622 g/mol. The number of benzene rings is 5. The summed E-state index contributed by atoms with van der Waals surface area (Å²) in [6, 6.07) is 2.43. The molecule has 0 bridgehead atoms. The minimum atomic E-state index is -1.11. The first-order valence-electron chi connectivity index (χ1n) is 15.4. The molecule has 5 aromatic carbocycles. The van der Waals surface area contributed by atoms with Crippen molar-refractivity contribution in [1.29, 1.82) is 0 Å². The fourth-order valence-electron chi connectivity index (χ4n) is 7.65. The molecule has 0 heterocycles. The van der Waals surface area contributed by atoms with Gasteiger partial charge in [0.1, 0.15) is 5.78 Å². The summed E-state index contributed by atoms with van der Waals surface area (Å²) in [6.45, 7) is 2.00. The highest BCUT2D eigenvalue weighted by molar-refractivity contribution is 6.39. The predicted molar refractivity (Wildman–Crippen MR) is 180 cm³/mol. The van der Waals surface area contributed by atoms with Crippen LogP contribution in [0, 0.1) is 0 Å². The number of aliphatic carboxylic acids is 2. The van der Waals surface area contributed by atoms with Gasteiger partial charge in [0.05, 0.1) is 37.0 Å². The lowest BCUT2D eigenvalue weighted by atomic mass is 9.78. The van der Waals surface area contributed by atoms with Crippen molar-refractivity contribution in [2.75, 3.05) is 19.0 Å². The fraction of sp³-hybridized carbons (Fsp3) is 0.306. The zero-order chi connectivity index (χ0) is 34.8. The van der Waals surface area contributed by atoms with Crippen molar-refractivity contribution in [1.82, 2.24) is 0 Å². The summed E-state index contributed by atoms with van der Waals surface area (Å²) in [5.74, 6) is -4.05. The summed E-state index contributed by atoms with van der Waals surface area (Å²) in [7, 11) is 1.30. The van der Waals surface area contributed by atoms with E-state index in [2.05, 4.69) is 5.32 Å². The molecule has 5 aromatic rings. The molecule has 1 aliphatic rings. The number of carbonyl (C=O) groups is 3. The number of hydrogen-bond donors (Lipinski definition) is 6. The summed E-state index contributed by atoms with van der Waals surface area (Å²) in [5, 5.41) is 57.0. The molecule has 0 fully saturated rings. The van der Waals surface area contributed by atoms with Gasteiger partial charge in [-0.2, -0.15) is 0 Å². The number of Topliss-reactive ketones (excluding diaryl/α,β-unsaturated/α-hetero) is 1. The van der Waals surface area contributed by atoms with Gasteiger partial charge in [-0.05, 0) is 82.6 Å². The Hall–Kier alpha value is -5.33. The van der Waals surface area contributed by atoms with E-state index in [0.717, 1.165) is 0 Å². The second kappa shape index (κ2) is 12.0. The first-order chi connectivity index (χ1) is 22.9. The number of aromatic hydroxyl groups is 1. The van der Waals surface area contributed by atoms with Gasteiger partial charge in [-0.1, -0.05) is 11.6 Å². The lowest BCUT2D eigenvalue weighted by Crippen LogP contribution is -2.16. The van der Waals surface area contributed by atoms with Gasteiger partial charge in [0.2, 0.25) is 0 Å². The van der Waals surface area contributed by atoms with Crippen molar-refractivity contribution >= 4 is 72.6 Å². The predicted octanol–water partition coefficient (Wildman–Crippen LogP) is 3.98. The standard InChI is InChI=1S/C36H33NO11/c1-14-9-19-18(6-7-23(45)46)34(37-8-4-5-22(43)44)28-20(41)10-16(12-38)25-26-17(13-39)11-21(42)29-31(26)32(27(19)30(25)28)33(24(14)15(2)40)36(48-3)35(29)47/h9-11,24,37-39,47H,4-8,12-13H2,1-3H3,(H,43,44)(H,45,46). The van der Waals surface area contributed by atoms with Crippen molar-refractivity contribution in [3.8, 4) is 11.5 Å². The Morgan fingerprint density at radius 2 is 1.42 bits per heavy atom. The quantitative estimate of drug-likeness (QED) is 0.0641. The number of nitrogens with one attached hydrogen (secondary N) is 1.